The predicted molar refractivity (Wildman–Crippen MR) is 130 cm³/mol. The molecule has 0 aliphatic rings. The van der Waals surface area contributed by atoms with Crippen LogP contribution in [-0.2, 0) is 6.18 Å². The average molecular weight is 530 g/mol. The van der Waals surface area contributed by atoms with Gasteiger partial charge in [-0.3, -0.25) is 4.79 Å². The van der Waals surface area contributed by atoms with Crippen molar-refractivity contribution in [1.82, 2.24) is 0 Å². The van der Waals surface area contributed by atoms with Gasteiger partial charge in [0.25, 0.3) is 5.76 Å². The Morgan fingerprint density at radius 1 is 0.895 bits per heavy atom. The minimum Gasteiger partial charge on any atom is -0.496 e. The fourth-order valence-electron chi connectivity index (χ4n) is 3.63. The van der Waals surface area contributed by atoms with Crippen LogP contribution < -0.4 is 29.1 Å². The number of carbonyl (C=O) groups is 1. The van der Waals surface area contributed by atoms with Crippen molar-refractivity contribution in [2.75, 3.05) is 20.8 Å². The van der Waals surface area contributed by atoms with E-state index in [2.05, 4.69) is 0 Å². The van der Waals surface area contributed by atoms with Crippen LogP contribution in [0.15, 0.2) is 69.9 Å². The molecule has 4 rings (SSSR count). The Balaban J connectivity index is 1.77. The third-order valence-corrected chi connectivity index (χ3v) is 5.28. The number of alkyl halides is 3. The van der Waals surface area contributed by atoms with Crippen molar-refractivity contribution >= 4 is 16.9 Å². The van der Waals surface area contributed by atoms with Gasteiger partial charge >= 0.3 is 12.1 Å². The third-order valence-electron chi connectivity index (χ3n) is 5.28. The summed E-state index contributed by atoms with van der Waals surface area (Å²) >= 11 is 0. The number of methoxy groups -OCH3 is 2. The molecule has 0 fully saturated rings. The lowest BCUT2D eigenvalue weighted by Crippen LogP contribution is -2.16. The fraction of sp³-hybridized carbons (Fsp3) is 0.185. The summed E-state index contributed by atoms with van der Waals surface area (Å²) in [4.78, 5) is 26.0. The standard InChI is InChI=1S/C27H21F3O8/c1-4-35-17-8-5-6-9-18(17)37-24-23(31)16-13-12-15(14-21(16)38-25(24)27(28,29)30)36-26(32)22-19(33-2)10-7-11-20(22)34-3/h5-14H,4H2,1-3H3. The first kappa shape index (κ1) is 26.4. The monoisotopic (exact) mass is 530 g/mol. The van der Waals surface area contributed by atoms with Crippen molar-refractivity contribution in [2.24, 2.45) is 0 Å². The molecule has 0 saturated heterocycles. The van der Waals surface area contributed by atoms with Gasteiger partial charge in [0.15, 0.2) is 11.5 Å². The summed E-state index contributed by atoms with van der Waals surface area (Å²) in [5, 5.41) is -0.225. The Labute approximate surface area is 214 Å². The summed E-state index contributed by atoms with van der Waals surface area (Å²) in [6, 6.07) is 14.0. The van der Waals surface area contributed by atoms with E-state index >= 15 is 0 Å². The Kier molecular flexibility index (Phi) is 7.47. The first-order valence-electron chi connectivity index (χ1n) is 11.2. The van der Waals surface area contributed by atoms with Crippen molar-refractivity contribution in [3.05, 3.63) is 82.2 Å². The molecule has 38 heavy (non-hydrogen) atoms. The molecular weight excluding hydrogens is 509 g/mol. The Morgan fingerprint density at radius 3 is 2.13 bits per heavy atom. The highest BCUT2D eigenvalue weighted by Crippen LogP contribution is 2.40. The Hall–Kier alpha value is -4.67. The van der Waals surface area contributed by atoms with E-state index in [4.69, 9.17) is 28.1 Å². The minimum atomic E-state index is -5.08. The normalized spacial score (nSPS) is 11.2. The topological polar surface area (TPSA) is 93.4 Å². The van der Waals surface area contributed by atoms with Crippen molar-refractivity contribution in [3.8, 4) is 34.5 Å². The summed E-state index contributed by atoms with van der Waals surface area (Å²) in [5.41, 5.74) is -1.58. The van der Waals surface area contributed by atoms with Gasteiger partial charge in [0.05, 0.1) is 26.2 Å². The number of ether oxygens (including phenoxy) is 5. The zero-order chi connectivity index (χ0) is 27.4. The third kappa shape index (κ3) is 5.22. The number of esters is 1. The summed E-state index contributed by atoms with van der Waals surface area (Å²) in [6.45, 7) is 1.91. The molecule has 0 spiro atoms. The zero-order valence-electron chi connectivity index (χ0n) is 20.4. The second-order valence-corrected chi connectivity index (χ2v) is 7.65. The highest BCUT2D eigenvalue weighted by molar-refractivity contribution is 5.97. The van der Waals surface area contributed by atoms with Gasteiger partial charge in [-0.15, -0.1) is 0 Å². The van der Waals surface area contributed by atoms with Crippen LogP contribution in [0.4, 0.5) is 13.2 Å². The van der Waals surface area contributed by atoms with E-state index in [-0.39, 0.29) is 46.3 Å². The number of hydrogen-bond acceptors (Lipinski definition) is 8. The van der Waals surface area contributed by atoms with Gasteiger partial charge in [0.2, 0.25) is 11.2 Å². The van der Waals surface area contributed by atoms with Crippen LogP contribution in [0.5, 0.6) is 34.5 Å². The van der Waals surface area contributed by atoms with Crippen LogP contribution in [0.25, 0.3) is 11.0 Å². The Morgan fingerprint density at radius 2 is 1.53 bits per heavy atom. The molecule has 0 atom stereocenters. The molecule has 0 aliphatic carbocycles. The van der Waals surface area contributed by atoms with E-state index in [1.807, 2.05) is 0 Å². The van der Waals surface area contributed by atoms with Crippen LogP contribution in [-0.4, -0.2) is 26.8 Å². The molecule has 0 saturated carbocycles. The van der Waals surface area contributed by atoms with Gasteiger partial charge in [-0.05, 0) is 43.3 Å². The number of hydrogen-bond donors (Lipinski definition) is 0. The molecule has 0 N–H and O–H groups in total. The van der Waals surface area contributed by atoms with E-state index in [0.717, 1.165) is 6.07 Å². The molecule has 0 amide bonds. The lowest BCUT2D eigenvalue weighted by molar-refractivity contribution is -0.154. The van der Waals surface area contributed by atoms with Gasteiger partial charge in [-0.1, -0.05) is 18.2 Å². The van der Waals surface area contributed by atoms with Crippen molar-refractivity contribution < 1.29 is 46.1 Å². The van der Waals surface area contributed by atoms with Crippen LogP contribution in [0, 0.1) is 0 Å². The van der Waals surface area contributed by atoms with Gasteiger partial charge in [0, 0.05) is 6.07 Å². The van der Waals surface area contributed by atoms with Crippen LogP contribution >= 0.6 is 0 Å². The quantitative estimate of drug-likeness (QED) is 0.195. The van der Waals surface area contributed by atoms with E-state index in [1.54, 1.807) is 19.1 Å². The van der Waals surface area contributed by atoms with Crippen LogP contribution in [0.1, 0.15) is 23.0 Å². The summed E-state index contributed by atoms with van der Waals surface area (Å²) in [7, 11) is 2.70. The Bertz CT molecular complexity index is 1520. The van der Waals surface area contributed by atoms with E-state index < -0.39 is 34.7 Å². The van der Waals surface area contributed by atoms with E-state index in [9.17, 15) is 22.8 Å². The molecule has 0 unspecified atom stereocenters. The number of benzene rings is 3. The molecule has 4 aromatic rings. The summed E-state index contributed by atoms with van der Waals surface area (Å²) in [5.74, 6) is -3.41. The molecule has 198 valence electrons. The largest absolute Gasteiger partial charge is 0.496 e. The lowest BCUT2D eigenvalue weighted by Gasteiger charge is -2.15. The van der Waals surface area contributed by atoms with E-state index in [1.165, 1.54) is 56.7 Å². The molecule has 11 heteroatoms. The molecule has 0 aliphatic heterocycles. The van der Waals surface area contributed by atoms with Crippen LogP contribution in [0.3, 0.4) is 0 Å². The van der Waals surface area contributed by atoms with Crippen LogP contribution in [0.2, 0.25) is 0 Å². The average Bonchev–Trinajstić information content (AvgIpc) is 2.90. The first-order valence-corrected chi connectivity index (χ1v) is 11.2. The number of para-hydroxylation sites is 2. The number of carbonyl (C=O) groups excluding carboxylic acids is 1. The molecule has 8 nitrogen and oxygen atoms in total. The smallest absolute Gasteiger partial charge is 0.453 e. The van der Waals surface area contributed by atoms with Crippen molar-refractivity contribution in [3.63, 3.8) is 0 Å². The van der Waals surface area contributed by atoms with Gasteiger partial charge in [-0.25, -0.2) is 4.79 Å². The highest BCUT2D eigenvalue weighted by Gasteiger charge is 2.41. The first-order chi connectivity index (χ1) is 18.2. The fourth-order valence-corrected chi connectivity index (χ4v) is 3.63. The SMILES string of the molecule is CCOc1ccccc1Oc1c(C(F)(F)F)oc2cc(OC(=O)c3c(OC)cccc3OC)ccc2c1=O. The zero-order valence-corrected chi connectivity index (χ0v) is 20.4. The maximum Gasteiger partial charge on any atom is 0.453 e. The maximum atomic E-state index is 13.9. The summed E-state index contributed by atoms with van der Waals surface area (Å²) < 4.78 is 73.4. The van der Waals surface area contributed by atoms with Gasteiger partial charge < -0.3 is 28.1 Å². The molecule has 0 bridgehead atoms. The number of halogens is 3. The van der Waals surface area contributed by atoms with Crippen molar-refractivity contribution in [1.29, 1.82) is 0 Å². The minimum absolute atomic E-state index is 0.0354. The second-order valence-electron chi connectivity index (χ2n) is 7.65. The number of rotatable bonds is 8. The van der Waals surface area contributed by atoms with E-state index in [0.29, 0.717) is 0 Å². The molecule has 3 aromatic carbocycles. The lowest BCUT2D eigenvalue weighted by atomic mass is 10.1. The second kappa shape index (κ2) is 10.8. The summed E-state index contributed by atoms with van der Waals surface area (Å²) in [6.07, 6.45) is -5.08. The highest BCUT2D eigenvalue weighted by atomic mass is 19.4. The van der Waals surface area contributed by atoms with Gasteiger partial charge in [-0.2, -0.15) is 13.2 Å². The maximum absolute atomic E-state index is 13.9. The number of fused-ring (bicyclic) bond motifs is 1. The molecular formula is C27H21F3O8. The predicted octanol–water partition coefficient (Wildman–Crippen LogP) is 6.24. The molecule has 1 aromatic heterocycles. The van der Waals surface area contributed by atoms with Crippen molar-refractivity contribution in [2.45, 2.75) is 13.1 Å². The molecule has 0 radical (unpaired) electrons. The van der Waals surface area contributed by atoms with Gasteiger partial charge in [0.1, 0.15) is 28.4 Å². The molecule has 1 heterocycles.